The topological polar surface area (TPSA) is 36.1 Å². The number of fused-ring (bicyclic) bond motifs is 1. The summed E-state index contributed by atoms with van der Waals surface area (Å²) in [5.74, 6) is 0.124. The zero-order chi connectivity index (χ0) is 12.5. The second-order valence-electron chi connectivity index (χ2n) is 4.85. The number of hydrogen-bond donors (Lipinski definition) is 1. The third-order valence-electron chi connectivity index (χ3n) is 3.42. The average molecular weight is 240 g/mol. The molecule has 0 spiro atoms. The molecule has 0 fully saturated rings. The Kier molecular flexibility index (Phi) is 2.67. The lowest BCUT2D eigenvalue weighted by Gasteiger charge is -2.26. The first kappa shape index (κ1) is 11.1. The van der Waals surface area contributed by atoms with Gasteiger partial charge < -0.3 is 9.88 Å². The van der Waals surface area contributed by atoms with Crippen molar-refractivity contribution < 1.29 is 4.79 Å². The van der Waals surface area contributed by atoms with E-state index in [0.717, 1.165) is 36.0 Å². The van der Waals surface area contributed by atoms with Crippen molar-refractivity contribution in [3.8, 4) is 0 Å². The van der Waals surface area contributed by atoms with E-state index in [4.69, 9.17) is 0 Å². The molecule has 1 aliphatic heterocycles. The lowest BCUT2D eigenvalue weighted by atomic mass is 10.1. The fourth-order valence-electron chi connectivity index (χ4n) is 2.45. The van der Waals surface area contributed by atoms with Crippen LogP contribution in [0.5, 0.6) is 0 Å². The first-order valence-corrected chi connectivity index (χ1v) is 6.26. The van der Waals surface area contributed by atoms with Gasteiger partial charge in [-0.3, -0.25) is 4.79 Å². The fourth-order valence-corrected chi connectivity index (χ4v) is 2.45. The van der Waals surface area contributed by atoms with Crippen molar-refractivity contribution in [2.75, 3.05) is 13.1 Å². The van der Waals surface area contributed by atoms with Crippen LogP contribution in [0, 0.1) is 0 Å². The number of aromatic nitrogens is 1. The van der Waals surface area contributed by atoms with Crippen LogP contribution >= 0.6 is 0 Å². The number of nitrogens with zero attached hydrogens (tertiary/aromatic N) is 1. The molecule has 18 heavy (non-hydrogen) atoms. The smallest absolute Gasteiger partial charge is 0.254 e. The Morgan fingerprint density at radius 1 is 1.33 bits per heavy atom. The second-order valence-corrected chi connectivity index (χ2v) is 4.85. The summed E-state index contributed by atoms with van der Waals surface area (Å²) in [6.07, 6.45) is 5.06. The molecule has 1 amide bonds. The maximum Gasteiger partial charge on any atom is 0.254 e. The maximum absolute atomic E-state index is 12.4. The molecule has 3 heteroatoms. The number of rotatable bonds is 1. The van der Waals surface area contributed by atoms with Gasteiger partial charge in [-0.05, 0) is 36.9 Å². The van der Waals surface area contributed by atoms with E-state index in [2.05, 4.69) is 18.0 Å². The predicted molar refractivity (Wildman–Crippen MR) is 72.6 cm³/mol. The number of carbonyl (C=O) groups is 1. The minimum Gasteiger partial charge on any atom is -0.361 e. The van der Waals surface area contributed by atoms with Gasteiger partial charge in [0.2, 0.25) is 0 Å². The van der Waals surface area contributed by atoms with Crippen molar-refractivity contribution in [2.45, 2.75) is 13.3 Å². The van der Waals surface area contributed by atoms with E-state index in [1.807, 2.05) is 35.4 Å². The van der Waals surface area contributed by atoms with Crippen molar-refractivity contribution >= 4 is 16.8 Å². The highest BCUT2D eigenvalue weighted by Crippen LogP contribution is 2.17. The highest BCUT2D eigenvalue weighted by molar-refractivity contribution is 5.98. The van der Waals surface area contributed by atoms with Gasteiger partial charge in [0, 0.05) is 30.4 Å². The second kappa shape index (κ2) is 4.33. The molecular formula is C15H16N2O. The van der Waals surface area contributed by atoms with Crippen LogP contribution in [-0.2, 0) is 0 Å². The molecule has 92 valence electrons. The van der Waals surface area contributed by atoms with Gasteiger partial charge in [-0.15, -0.1) is 0 Å². The molecule has 0 saturated heterocycles. The number of benzene rings is 1. The molecule has 0 aliphatic carbocycles. The lowest BCUT2D eigenvalue weighted by molar-refractivity contribution is 0.0766. The maximum atomic E-state index is 12.4. The molecule has 0 radical (unpaired) electrons. The monoisotopic (exact) mass is 240 g/mol. The zero-order valence-corrected chi connectivity index (χ0v) is 10.4. The summed E-state index contributed by atoms with van der Waals surface area (Å²) in [4.78, 5) is 17.5. The summed E-state index contributed by atoms with van der Waals surface area (Å²) in [5, 5.41) is 1.14. The molecule has 0 bridgehead atoms. The molecule has 1 N–H and O–H groups in total. The molecule has 2 aromatic rings. The molecular weight excluding hydrogens is 224 g/mol. The predicted octanol–water partition coefficient (Wildman–Crippen LogP) is 2.96. The summed E-state index contributed by atoms with van der Waals surface area (Å²) in [6.45, 7) is 3.65. The Morgan fingerprint density at radius 2 is 2.22 bits per heavy atom. The van der Waals surface area contributed by atoms with Crippen LogP contribution in [0.1, 0.15) is 23.7 Å². The quantitative estimate of drug-likeness (QED) is 0.764. The van der Waals surface area contributed by atoms with E-state index in [1.165, 1.54) is 5.57 Å². The third kappa shape index (κ3) is 1.92. The number of amides is 1. The van der Waals surface area contributed by atoms with Crippen molar-refractivity contribution in [3.05, 3.63) is 47.7 Å². The van der Waals surface area contributed by atoms with E-state index in [1.54, 1.807) is 0 Å². The van der Waals surface area contributed by atoms with Gasteiger partial charge in [-0.1, -0.05) is 17.7 Å². The first-order valence-electron chi connectivity index (χ1n) is 6.26. The third-order valence-corrected chi connectivity index (χ3v) is 3.42. The van der Waals surface area contributed by atoms with Crippen molar-refractivity contribution in [2.24, 2.45) is 0 Å². The van der Waals surface area contributed by atoms with Crippen LogP contribution in [0.15, 0.2) is 42.1 Å². The SMILES string of the molecule is CC1=CCCN(C(=O)c2ccc3cc[nH]c3c2)C1. The standard InChI is InChI=1S/C15H16N2O/c1-11-3-2-8-17(10-11)15(18)13-5-4-12-6-7-16-14(12)9-13/h3-7,9,16H,2,8,10H2,1H3. The van der Waals surface area contributed by atoms with Gasteiger partial charge in [0.1, 0.15) is 0 Å². The highest BCUT2D eigenvalue weighted by atomic mass is 16.2. The van der Waals surface area contributed by atoms with Crippen molar-refractivity contribution in [1.29, 1.82) is 0 Å². The number of H-pyrrole nitrogens is 1. The number of aromatic amines is 1. The Hall–Kier alpha value is -2.03. The van der Waals surface area contributed by atoms with Crippen LogP contribution in [0.3, 0.4) is 0 Å². The van der Waals surface area contributed by atoms with Crippen molar-refractivity contribution in [1.82, 2.24) is 9.88 Å². The van der Waals surface area contributed by atoms with E-state index in [9.17, 15) is 4.79 Å². The molecule has 1 aliphatic rings. The van der Waals surface area contributed by atoms with Gasteiger partial charge in [0.05, 0.1) is 0 Å². The number of nitrogens with one attached hydrogen (secondary N) is 1. The van der Waals surface area contributed by atoms with Crippen molar-refractivity contribution in [3.63, 3.8) is 0 Å². The molecule has 1 aromatic heterocycles. The molecule has 3 rings (SSSR count). The minimum absolute atomic E-state index is 0.124. The Labute approximate surface area is 106 Å². The van der Waals surface area contributed by atoms with Gasteiger partial charge in [0.25, 0.3) is 5.91 Å². The zero-order valence-electron chi connectivity index (χ0n) is 10.4. The van der Waals surface area contributed by atoms with E-state index < -0.39 is 0 Å². The highest BCUT2D eigenvalue weighted by Gasteiger charge is 2.18. The van der Waals surface area contributed by atoms with E-state index >= 15 is 0 Å². The summed E-state index contributed by atoms with van der Waals surface area (Å²) < 4.78 is 0. The van der Waals surface area contributed by atoms with Gasteiger partial charge in [-0.2, -0.15) is 0 Å². The van der Waals surface area contributed by atoms with E-state index in [-0.39, 0.29) is 5.91 Å². The Morgan fingerprint density at radius 3 is 3.06 bits per heavy atom. The number of hydrogen-bond acceptors (Lipinski definition) is 1. The molecule has 0 atom stereocenters. The summed E-state index contributed by atoms with van der Waals surface area (Å²) in [6, 6.07) is 7.85. The van der Waals surface area contributed by atoms with Crippen LogP contribution < -0.4 is 0 Å². The first-order chi connectivity index (χ1) is 8.74. The molecule has 3 nitrogen and oxygen atoms in total. The van der Waals surface area contributed by atoms with Crippen LogP contribution in [0.25, 0.3) is 10.9 Å². The van der Waals surface area contributed by atoms with Crippen LogP contribution in [-0.4, -0.2) is 28.9 Å². The fraction of sp³-hybridized carbons (Fsp3) is 0.267. The minimum atomic E-state index is 0.124. The summed E-state index contributed by atoms with van der Waals surface area (Å²) >= 11 is 0. The van der Waals surface area contributed by atoms with Gasteiger partial charge in [0.15, 0.2) is 0 Å². The number of carbonyl (C=O) groups excluding carboxylic acids is 1. The molecule has 1 aromatic carbocycles. The average Bonchev–Trinajstić information content (AvgIpc) is 2.85. The van der Waals surface area contributed by atoms with Crippen LogP contribution in [0.2, 0.25) is 0 Å². The Balaban J connectivity index is 1.89. The molecule has 0 saturated carbocycles. The lowest BCUT2D eigenvalue weighted by Crippen LogP contribution is -2.35. The summed E-state index contributed by atoms with van der Waals surface area (Å²) in [7, 11) is 0. The van der Waals surface area contributed by atoms with E-state index in [0.29, 0.717) is 0 Å². The summed E-state index contributed by atoms with van der Waals surface area (Å²) in [5.41, 5.74) is 3.06. The Bertz CT molecular complexity index is 624. The van der Waals surface area contributed by atoms with Crippen LogP contribution in [0.4, 0.5) is 0 Å². The van der Waals surface area contributed by atoms with Gasteiger partial charge >= 0.3 is 0 Å². The molecule has 2 heterocycles. The normalized spacial score (nSPS) is 15.8. The largest absolute Gasteiger partial charge is 0.361 e. The molecule has 0 unspecified atom stereocenters. The van der Waals surface area contributed by atoms with Gasteiger partial charge in [-0.25, -0.2) is 0 Å².